The van der Waals surface area contributed by atoms with Crippen molar-refractivity contribution in [2.24, 2.45) is 5.73 Å². The summed E-state index contributed by atoms with van der Waals surface area (Å²) in [5.41, 5.74) is 6.95. The Morgan fingerprint density at radius 1 is 1.29 bits per heavy atom. The van der Waals surface area contributed by atoms with Crippen LogP contribution < -0.4 is 10.5 Å². The summed E-state index contributed by atoms with van der Waals surface area (Å²) in [5.74, 6) is 0.154. The number of halogens is 1. The Balaban J connectivity index is 1.83. The van der Waals surface area contributed by atoms with E-state index in [4.69, 9.17) is 26.5 Å². The van der Waals surface area contributed by atoms with Gasteiger partial charge in [0.2, 0.25) is 5.89 Å². The Morgan fingerprint density at radius 2 is 2.10 bits per heavy atom. The number of aromatic nitrogens is 1. The molecule has 0 aliphatic rings. The summed E-state index contributed by atoms with van der Waals surface area (Å²) < 4.78 is 11.1. The number of hydrogen-bond donors (Lipinski definition) is 1. The van der Waals surface area contributed by atoms with Gasteiger partial charge in [0.25, 0.3) is 5.91 Å². The molecule has 5 nitrogen and oxygen atoms in total. The van der Waals surface area contributed by atoms with Crippen LogP contribution >= 0.6 is 11.6 Å². The molecular weight excluding hydrogens is 292 g/mol. The van der Waals surface area contributed by atoms with Gasteiger partial charge in [-0.25, -0.2) is 4.98 Å². The van der Waals surface area contributed by atoms with Gasteiger partial charge in [-0.05, 0) is 30.3 Å². The van der Waals surface area contributed by atoms with Crippen molar-refractivity contribution >= 4 is 28.6 Å². The molecule has 0 spiro atoms. The van der Waals surface area contributed by atoms with Crippen LogP contribution in [0.1, 0.15) is 16.2 Å². The lowest BCUT2D eigenvalue weighted by Crippen LogP contribution is -2.13. The molecule has 0 unspecified atom stereocenters. The largest absolute Gasteiger partial charge is 0.483 e. The first-order valence-electron chi connectivity index (χ1n) is 6.20. The number of rotatable bonds is 4. The molecule has 0 saturated carbocycles. The van der Waals surface area contributed by atoms with Crippen LogP contribution in [-0.2, 0) is 6.61 Å². The lowest BCUT2D eigenvalue weighted by molar-refractivity contribution is 0.0995. The number of hydrogen-bond acceptors (Lipinski definition) is 4. The van der Waals surface area contributed by atoms with Crippen LogP contribution in [-0.4, -0.2) is 10.9 Å². The molecule has 0 saturated heterocycles. The molecule has 6 heteroatoms. The zero-order chi connectivity index (χ0) is 14.8. The van der Waals surface area contributed by atoms with E-state index < -0.39 is 5.91 Å². The van der Waals surface area contributed by atoms with E-state index >= 15 is 0 Å². The Kier molecular flexibility index (Phi) is 3.50. The van der Waals surface area contributed by atoms with Crippen LogP contribution in [0.15, 0.2) is 46.9 Å². The number of primary amides is 1. The van der Waals surface area contributed by atoms with Gasteiger partial charge < -0.3 is 14.9 Å². The second-order valence-electron chi connectivity index (χ2n) is 4.37. The number of benzene rings is 2. The summed E-state index contributed by atoms with van der Waals surface area (Å²) in [6, 6.07) is 12.1. The van der Waals surface area contributed by atoms with Gasteiger partial charge in [0.05, 0.1) is 5.56 Å². The van der Waals surface area contributed by atoms with Crippen molar-refractivity contribution in [2.45, 2.75) is 6.61 Å². The lowest BCUT2D eigenvalue weighted by Gasteiger charge is -2.08. The van der Waals surface area contributed by atoms with Crippen molar-refractivity contribution in [2.75, 3.05) is 0 Å². The number of amides is 1. The molecule has 0 atom stereocenters. The molecule has 1 amide bonds. The van der Waals surface area contributed by atoms with Gasteiger partial charge in [-0.2, -0.15) is 0 Å². The zero-order valence-corrected chi connectivity index (χ0v) is 11.6. The minimum absolute atomic E-state index is 0.0938. The van der Waals surface area contributed by atoms with Crippen LogP contribution in [0.25, 0.3) is 11.1 Å². The maximum absolute atomic E-state index is 11.4. The third-order valence-corrected chi connectivity index (χ3v) is 3.13. The lowest BCUT2D eigenvalue weighted by atomic mass is 10.2. The van der Waals surface area contributed by atoms with Gasteiger partial charge in [0.15, 0.2) is 12.2 Å². The topological polar surface area (TPSA) is 78.4 Å². The Morgan fingerprint density at radius 3 is 2.86 bits per heavy atom. The maximum Gasteiger partial charge on any atom is 0.252 e. The van der Waals surface area contributed by atoms with Crippen LogP contribution in [0, 0.1) is 0 Å². The van der Waals surface area contributed by atoms with Crippen molar-refractivity contribution in [1.82, 2.24) is 4.98 Å². The monoisotopic (exact) mass is 302 g/mol. The zero-order valence-electron chi connectivity index (χ0n) is 10.9. The number of carbonyl (C=O) groups excluding carboxylic acids is 1. The van der Waals surface area contributed by atoms with Crippen LogP contribution in [0.4, 0.5) is 0 Å². The van der Waals surface area contributed by atoms with Crippen molar-refractivity contribution in [3.05, 3.63) is 58.9 Å². The highest BCUT2D eigenvalue weighted by Gasteiger charge is 2.12. The molecule has 21 heavy (non-hydrogen) atoms. The third-order valence-electron chi connectivity index (χ3n) is 2.90. The van der Waals surface area contributed by atoms with Crippen molar-refractivity contribution in [3.8, 4) is 5.75 Å². The predicted molar refractivity (Wildman–Crippen MR) is 78.3 cm³/mol. The van der Waals surface area contributed by atoms with E-state index in [1.54, 1.807) is 12.1 Å². The quantitative estimate of drug-likeness (QED) is 0.803. The maximum atomic E-state index is 11.4. The average Bonchev–Trinajstić information content (AvgIpc) is 2.88. The fourth-order valence-electron chi connectivity index (χ4n) is 1.94. The summed E-state index contributed by atoms with van der Waals surface area (Å²) in [6.07, 6.45) is 0. The van der Waals surface area contributed by atoms with Gasteiger partial charge >= 0.3 is 0 Å². The summed E-state index contributed by atoms with van der Waals surface area (Å²) >= 11 is 5.84. The Bertz CT molecular complexity index is 781. The smallest absolute Gasteiger partial charge is 0.252 e. The van der Waals surface area contributed by atoms with E-state index in [0.29, 0.717) is 22.2 Å². The molecule has 3 rings (SSSR count). The van der Waals surface area contributed by atoms with E-state index in [1.165, 1.54) is 6.07 Å². The van der Waals surface area contributed by atoms with E-state index in [9.17, 15) is 4.79 Å². The molecule has 1 aromatic heterocycles. The third kappa shape index (κ3) is 2.83. The standard InChI is InChI=1S/C15H11ClN2O3/c16-9-5-6-12(10(7-9)15(17)19)20-8-14-18-11-3-1-2-4-13(11)21-14/h1-7H,8H2,(H2,17,19). The van der Waals surface area contributed by atoms with E-state index in [0.717, 1.165) is 5.52 Å². The number of para-hydroxylation sites is 2. The number of nitrogens with zero attached hydrogens (tertiary/aromatic N) is 1. The van der Waals surface area contributed by atoms with E-state index in [1.807, 2.05) is 24.3 Å². The number of carbonyl (C=O) groups is 1. The molecule has 2 N–H and O–H groups in total. The summed E-state index contributed by atoms with van der Waals surface area (Å²) in [6.45, 7) is 0.0938. The number of oxazole rings is 1. The number of ether oxygens (including phenoxy) is 1. The summed E-state index contributed by atoms with van der Waals surface area (Å²) in [5, 5.41) is 0.415. The first-order chi connectivity index (χ1) is 10.1. The van der Waals surface area contributed by atoms with Gasteiger partial charge in [0, 0.05) is 5.02 Å². The Hall–Kier alpha value is -2.53. The predicted octanol–water partition coefficient (Wildman–Crippen LogP) is 3.16. The highest BCUT2D eigenvalue weighted by molar-refractivity contribution is 6.31. The molecule has 106 valence electrons. The molecular formula is C15H11ClN2O3. The fourth-order valence-corrected chi connectivity index (χ4v) is 2.11. The molecule has 0 bridgehead atoms. The molecule has 0 aliphatic carbocycles. The fraction of sp³-hybridized carbons (Fsp3) is 0.0667. The van der Waals surface area contributed by atoms with Gasteiger partial charge in [0.1, 0.15) is 11.3 Å². The molecule has 0 aliphatic heterocycles. The Labute approximate surface area is 125 Å². The van der Waals surface area contributed by atoms with Crippen molar-refractivity contribution in [1.29, 1.82) is 0 Å². The molecule has 3 aromatic rings. The minimum atomic E-state index is -0.606. The highest BCUT2D eigenvalue weighted by atomic mass is 35.5. The van der Waals surface area contributed by atoms with Crippen LogP contribution in [0.2, 0.25) is 5.02 Å². The second-order valence-corrected chi connectivity index (χ2v) is 4.81. The van der Waals surface area contributed by atoms with Crippen molar-refractivity contribution in [3.63, 3.8) is 0 Å². The molecule has 0 fully saturated rings. The van der Waals surface area contributed by atoms with E-state index in [2.05, 4.69) is 4.98 Å². The number of nitrogens with two attached hydrogens (primary N) is 1. The minimum Gasteiger partial charge on any atom is -0.483 e. The van der Waals surface area contributed by atoms with E-state index in [-0.39, 0.29) is 12.2 Å². The van der Waals surface area contributed by atoms with Gasteiger partial charge in [-0.3, -0.25) is 4.79 Å². The summed E-state index contributed by atoms with van der Waals surface area (Å²) in [7, 11) is 0. The van der Waals surface area contributed by atoms with Crippen molar-refractivity contribution < 1.29 is 13.9 Å². The van der Waals surface area contributed by atoms with Gasteiger partial charge in [-0.15, -0.1) is 0 Å². The first kappa shape index (κ1) is 13.5. The van der Waals surface area contributed by atoms with Crippen LogP contribution in [0.5, 0.6) is 5.75 Å². The SMILES string of the molecule is NC(=O)c1cc(Cl)ccc1OCc1nc2ccccc2o1. The van der Waals surface area contributed by atoms with Gasteiger partial charge in [-0.1, -0.05) is 23.7 Å². The average molecular weight is 303 g/mol. The normalized spacial score (nSPS) is 10.7. The molecule has 2 aromatic carbocycles. The number of fused-ring (bicyclic) bond motifs is 1. The highest BCUT2D eigenvalue weighted by Crippen LogP contribution is 2.24. The molecule has 0 radical (unpaired) electrons. The van der Waals surface area contributed by atoms with Crippen LogP contribution in [0.3, 0.4) is 0 Å². The second kappa shape index (κ2) is 5.46. The molecule has 1 heterocycles. The first-order valence-corrected chi connectivity index (χ1v) is 6.58. The summed E-state index contributed by atoms with van der Waals surface area (Å²) in [4.78, 5) is 15.7.